The molecule has 0 aromatic rings. The summed E-state index contributed by atoms with van der Waals surface area (Å²) in [7, 11) is -1.24. The maximum Gasteiger partial charge on any atom is 0.303 e. The highest BCUT2D eigenvalue weighted by atomic mass is 28.3. The Morgan fingerprint density at radius 2 is 2.00 bits per heavy atom. The fourth-order valence-corrected chi connectivity index (χ4v) is 1.31. The Morgan fingerprint density at radius 3 is 2.42 bits per heavy atom. The van der Waals surface area contributed by atoms with Crippen LogP contribution in [0.15, 0.2) is 0 Å². The summed E-state index contributed by atoms with van der Waals surface area (Å²) in [5.74, 6) is 2.30. The first-order valence-electron chi connectivity index (χ1n) is 4.13. The highest BCUT2D eigenvalue weighted by Crippen LogP contribution is 1.98. The molecule has 0 atom stereocenters. The third-order valence-corrected chi connectivity index (χ3v) is 2.08. The molecule has 0 saturated carbocycles. The van der Waals surface area contributed by atoms with Gasteiger partial charge in [0.25, 0.3) is 0 Å². The summed E-state index contributed by atoms with van der Waals surface area (Å²) in [5.41, 5.74) is 3.19. The van der Waals surface area contributed by atoms with E-state index in [1.807, 2.05) is 0 Å². The van der Waals surface area contributed by atoms with Gasteiger partial charge in [-0.15, -0.1) is 11.5 Å². The first-order chi connectivity index (χ1) is 5.42. The van der Waals surface area contributed by atoms with Crippen LogP contribution in [0.1, 0.15) is 19.3 Å². The molecule has 68 valence electrons. The van der Waals surface area contributed by atoms with Gasteiger partial charge in [0.2, 0.25) is 0 Å². The summed E-state index contributed by atoms with van der Waals surface area (Å²) >= 11 is 0. The van der Waals surface area contributed by atoms with E-state index < -0.39 is 14.0 Å². The zero-order valence-electron chi connectivity index (χ0n) is 7.98. The number of carboxylic acids is 1. The van der Waals surface area contributed by atoms with Crippen molar-refractivity contribution in [3.63, 3.8) is 0 Å². The Hall–Kier alpha value is -0.753. The van der Waals surface area contributed by atoms with Gasteiger partial charge in [-0.1, -0.05) is 19.6 Å². The van der Waals surface area contributed by atoms with E-state index in [4.69, 9.17) is 5.11 Å². The Bertz CT molecular complexity index is 205. The van der Waals surface area contributed by atoms with Crippen LogP contribution in [0.5, 0.6) is 0 Å². The van der Waals surface area contributed by atoms with Crippen molar-refractivity contribution in [1.82, 2.24) is 0 Å². The molecule has 0 aliphatic carbocycles. The van der Waals surface area contributed by atoms with Crippen molar-refractivity contribution in [2.45, 2.75) is 38.9 Å². The standard InChI is InChI=1S/C9H16O2Si/c1-12(2,3)8-6-4-5-7-9(10)11/h4-5,7H2,1-3H3,(H,10,11). The number of hydrogen-bond donors (Lipinski definition) is 1. The Balaban J connectivity index is 3.53. The molecule has 0 unspecified atom stereocenters. The van der Waals surface area contributed by atoms with E-state index in [0.717, 1.165) is 6.42 Å². The van der Waals surface area contributed by atoms with Crippen molar-refractivity contribution >= 4 is 14.0 Å². The maximum absolute atomic E-state index is 10.1. The summed E-state index contributed by atoms with van der Waals surface area (Å²) in [4.78, 5) is 10.1. The van der Waals surface area contributed by atoms with Gasteiger partial charge in [-0.25, -0.2) is 0 Å². The summed E-state index contributed by atoms with van der Waals surface area (Å²) in [5, 5.41) is 8.33. The molecule has 0 aromatic heterocycles. The molecule has 0 rings (SSSR count). The van der Waals surface area contributed by atoms with Gasteiger partial charge in [0, 0.05) is 12.8 Å². The molecule has 2 nitrogen and oxygen atoms in total. The molecule has 0 aliphatic heterocycles. The zero-order chi connectivity index (χ0) is 9.61. The van der Waals surface area contributed by atoms with Gasteiger partial charge in [-0.05, 0) is 6.42 Å². The molecule has 0 amide bonds. The largest absolute Gasteiger partial charge is 0.481 e. The molecular weight excluding hydrogens is 168 g/mol. The van der Waals surface area contributed by atoms with Crippen molar-refractivity contribution < 1.29 is 9.90 Å². The summed E-state index contributed by atoms with van der Waals surface area (Å²) < 4.78 is 0. The molecule has 0 aromatic carbocycles. The van der Waals surface area contributed by atoms with Crippen molar-refractivity contribution in [2.75, 3.05) is 0 Å². The number of carbonyl (C=O) groups is 1. The van der Waals surface area contributed by atoms with Crippen LogP contribution in [0.2, 0.25) is 19.6 Å². The average Bonchev–Trinajstić information content (AvgIpc) is 1.83. The van der Waals surface area contributed by atoms with Crippen LogP contribution < -0.4 is 0 Å². The lowest BCUT2D eigenvalue weighted by Gasteiger charge is -2.02. The Morgan fingerprint density at radius 1 is 1.42 bits per heavy atom. The van der Waals surface area contributed by atoms with Crippen molar-refractivity contribution in [3.05, 3.63) is 0 Å². The van der Waals surface area contributed by atoms with Crippen LogP contribution in [0.3, 0.4) is 0 Å². The van der Waals surface area contributed by atoms with Crippen LogP contribution in [0, 0.1) is 11.5 Å². The zero-order valence-corrected chi connectivity index (χ0v) is 8.98. The van der Waals surface area contributed by atoms with E-state index in [1.165, 1.54) is 0 Å². The van der Waals surface area contributed by atoms with Crippen LogP contribution in [-0.2, 0) is 4.79 Å². The first kappa shape index (κ1) is 11.2. The van der Waals surface area contributed by atoms with E-state index in [2.05, 4.69) is 31.1 Å². The fraction of sp³-hybridized carbons (Fsp3) is 0.667. The minimum atomic E-state index is -1.24. The Kier molecular flexibility index (Phi) is 4.68. The highest BCUT2D eigenvalue weighted by molar-refractivity contribution is 6.83. The highest BCUT2D eigenvalue weighted by Gasteiger charge is 2.06. The number of rotatable bonds is 3. The molecule has 3 heteroatoms. The predicted molar refractivity (Wildman–Crippen MR) is 52.6 cm³/mol. The minimum absolute atomic E-state index is 0.236. The van der Waals surface area contributed by atoms with E-state index in [1.54, 1.807) is 0 Å². The lowest BCUT2D eigenvalue weighted by molar-refractivity contribution is -0.137. The van der Waals surface area contributed by atoms with Gasteiger partial charge in [-0.2, -0.15) is 0 Å². The lowest BCUT2D eigenvalue weighted by Crippen LogP contribution is -2.16. The van der Waals surface area contributed by atoms with Crippen LogP contribution in [0.25, 0.3) is 0 Å². The molecule has 0 radical (unpaired) electrons. The SMILES string of the molecule is C[Si](C)(C)C#CCCCC(=O)O. The van der Waals surface area contributed by atoms with Crippen molar-refractivity contribution in [2.24, 2.45) is 0 Å². The van der Waals surface area contributed by atoms with Crippen LogP contribution in [-0.4, -0.2) is 19.1 Å². The summed E-state index contributed by atoms with van der Waals surface area (Å²) in [6.07, 6.45) is 1.63. The van der Waals surface area contributed by atoms with Gasteiger partial charge in [0.1, 0.15) is 8.07 Å². The molecule has 12 heavy (non-hydrogen) atoms. The first-order valence-corrected chi connectivity index (χ1v) is 7.63. The lowest BCUT2D eigenvalue weighted by atomic mass is 10.2. The van der Waals surface area contributed by atoms with Crippen LogP contribution >= 0.6 is 0 Å². The van der Waals surface area contributed by atoms with Gasteiger partial charge in [0.05, 0.1) is 0 Å². The molecule has 0 fully saturated rings. The second kappa shape index (κ2) is 4.99. The smallest absolute Gasteiger partial charge is 0.303 e. The van der Waals surface area contributed by atoms with Gasteiger partial charge in [-0.3, -0.25) is 4.79 Å². The molecule has 0 aliphatic rings. The monoisotopic (exact) mass is 184 g/mol. The summed E-state index contributed by atoms with van der Waals surface area (Å²) in [6.45, 7) is 6.53. The third kappa shape index (κ3) is 9.25. The third-order valence-electron chi connectivity index (χ3n) is 1.16. The predicted octanol–water partition coefficient (Wildman–Crippen LogP) is 2.12. The van der Waals surface area contributed by atoms with E-state index in [-0.39, 0.29) is 6.42 Å². The quantitative estimate of drug-likeness (QED) is 0.414. The van der Waals surface area contributed by atoms with Gasteiger partial charge < -0.3 is 5.11 Å². The van der Waals surface area contributed by atoms with Crippen LogP contribution in [0.4, 0.5) is 0 Å². The van der Waals surface area contributed by atoms with Crippen molar-refractivity contribution in [3.8, 4) is 11.5 Å². The molecule has 0 heterocycles. The van der Waals surface area contributed by atoms with E-state index in [9.17, 15) is 4.79 Å². The maximum atomic E-state index is 10.1. The summed E-state index contributed by atoms with van der Waals surface area (Å²) in [6, 6.07) is 0. The minimum Gasteiger partial charge on any atom is -0.481 e. The van der Waals surface area contributed by atoms with E-state index >= 15 is 0 Å². The van der Waals surface area contributed by atoms with Crippen molar-refractivity contribution in [1.29, 1.82) is 0 Å². The molecular formula is C9H16O2Si. The molecule has 0 spiro atoms. The Labute approximate surface area is 75.0 Å². The average molecular weight is 184 g/mol. The van der Waals surface area contributed by atoms with Gasteiger partial charge >= 0.3 is 5.97 Å². The number of carboxylic acid groups (broad SMARTS) is 1. The fourth-order valence-electron chi connectivity index (χ4n) is 0.656. The molecule has 0 bridgehead atoms. The van der Waals surface area contributed by atoms with Gasteiger partial charge in [0.15, 0.2) is 0 Å². The second-order valence-corrected chi connectivity index (χ2v) is 8.55. The molecule has 0 saturated heterocycles. The topological polar surface area (TPSA) is 37.3 Å². The number of unbranched alkanes of at least 4 members (excludes halogenated alkanes) is 1. The number of aliphatic carboxylic acids is 1. The second-order valence-electron chi connectivity index (χ2n) is 3.80. The number of hydrogen-bond acceptors (Lipinski definition) is 1. The normalized spacial score (nSPS) is 10.2. The van der Waals surface area contributed by atoms with E-state index in [0.29, 0.717) is 6.42 Å². The molecule has 1 N–H and O–H groups in total.